The summed E-state index contributed by atoms with van der Waals surface area (Å²) in [7, 11) is 0. The molecule has 0 saturated carbocycles. The van der Waals surface area contributed by atoms with Crippen molar-refractivity contribution in [3.05, 3.63) is 87.7 Å². The number of hydrogen-bond acceptors (Lipinski definition) is 7. The summed E-state index contributed by atoms with van der Waals surface area (Å²) in [4.78, 5) is 13.9. The number of nitrogens with zero attached hydrogens (tertiary/aromatic N) is 4. The molecule has 6 N–H and O–H groups in total. The number of nitrogens with one attached hydrogen (secondary N) is 3. The predicted octanol–water partition coefficient (Wildman–Crippen LogP) is 4.22. The SMILES string of the molecule is Cc1cc(-c2cccc([N+](=O)[O-])c2)c(O)c(-c2cc3cc(C(=N)N)ccc3[nH]2)c1.Cc1nn[nH]n1. The van der Waals surface area contributed by atoms with Crippen molar-refractivity contribution in [1.82, 2.24) is 25.6 Å². The topological polar surface area (TPSA) is 183 Å². The van der Waals surface area contributed by atoms with E-state index in [9.17, 15) is 15.2 Å². The standard InChI is InChI=1S/C22H18N4O3.C2H4N4/c1-12-7-17(13-3-2-4-16(10-13)26(28)29)21(27)18(8-12)20-11-15-9-14(22(23)24)5-6-19(15)25-20;1-2-3-5-6-4-2/h2-11,25,27H,1H3,(H3,23,24);1H3,(H,3,4,5,6). The third-order valence-corrected chi connectivity index (χ3v) is 5.30. The normalized spacial score (nSPS) is 10.6. The van der Waals surface area contributed by atoms with Gasteiger partial charge in [0.2, 0.25) is 0 Å². The Bertz CT molecular complexity index is 1540. The molecular weight excluding hydrogens is 448 g/mol. The van der Waals surface area contributed by atoms with Crippen molar-refractivity contribution in [3.8, 4) is 28.1 Å². The molecule has 0 spiro atoms. The van der Waals surface area contributed by atoms with Crippen molar-refractivity contribution in [2.24, 2.45) is 5.73 Å². The number of nitro groups is 1. The first-order valence-corrected chi connectivity index (χ1v) is 10.5. The zero-order valence-corrected chi connectivity index (χ0v) is 18.9. The Kier molecular flexibility index (Phi) is 6.23. The van der Waals surface area contributed by atoms with Gasteiger partial charge in [-0.1, -0.05) is 17.3 Å². The van der Waals surface area contributed by atoms with Crippen LogP contribution in [0.25, 0.3) is 33.3 Å². The molecule has 176 valence electrons. The molecule has 35 heavy (non-hydrogen) atoms. The molecule has 0 amide bonds. The van der Waals surface area contributed by atoms with Crippen LogP contribution in [-0.2, 0) is 0 Å². The van der Waals surface area contributed by atoms with Crippen molar-refractivity contribution in [3.63, 3.8) is 0 Å². The first-order chi connectivity index (χ1) is 16.7. The van der Waals surface area contributed by atoms with Gasteiger partial charge in [-0.15, -0.1) is 10.2 Å². The second-order valence-corrected chi connectivity index (χ2v) is 7.87. The molecule has 11 nitrogen and oxygen atoms in total. The van der Waals surface area contributed by atoms with Gasteiger partial charge in [-0.3, -0.25) is 15.5 Å². The number of nitrogen functional groups attached to an aromatic ring is 1. The third-order valence-electron chi connectivity index (χ3n) is 5.30. The highest BCUT2D eigenvalue weighted by Crippen LogP contribution is 2.40. The lowest BCUT2D eigenvalue weighted by Crippen LogP contribution is -2.10. The molecule has 0 fully saturated rings. The lowest BCUT2D eigenvalue weighted by molar-refractivity contribution is -0.384. The minimum atomic E-state index is -0.457. The Labute approximate surface area is 199 Å². The number of aryl methyl sites for hydroxylation is 2. The number of tetrazole rings is 1. The predicted molar refractivity (Wildman–Crippen MR) is 132 cm³/mol. The van der Waals surface area contributed by atoms with Gasteiger partial charge in [0.15, 0.2) is 5.82 Å². The fourth-order valence-electron chi connectivity index (χ4n) is 3.65. The maximum atomic E-state index is 11.1. The number of H-pyrrole nitrogens is 2. The zero-order valence-electron chi connectivity index (χ0n) is 18.9. The number of phenols is 1. The van der Waals surface area contributed by atoms with Gasteiger partial charge in [-0.25, -0.2) is 0 Å². The summed E-state index contributed by atoms with van der Waals surface area (Å²) >= 11 is 0. The highest BCUT2D eigenvalue weighted by Gasteiger charge is 2.16. The lowest BCUT2D eigenvalue weighted by atomic mass is 9.97. The highest BCUT2D eigenvalue weighted by atomic mass is 16.6. The van der Waals surface area contributed by atoms with E-state index in [-0.39, 0.29) is 17.3 Å². The van der Waals surface area contributed by atoms with Gasteiger partial charge in [0.05, 0.1) is 10.6 Å². The maximum absolute atomic E-state index is 11.1. The molecule has 0 aliphatic heterocycles. The average molecular weight is 470 g/mol. The van der Waals surface area contributed by atoms with Gasteiger partial charge in [0.25, 0.3) is 5.69 Å². The van der Waals surface area contributed by atoms with Gasteiger partial charge in [-0.05, 0) is 61.4 Å². The molecule has 0 aliphatic carbocycles. The molecule has 0 unspecified atom stereocenters. The molecule has 2 heterocycles. The highest BCUT2D eigenvalue weighted by molar-refractivity contribution is 6.00. The number of non-ortho nitro benzene ring substituents is 1. The summed E-state index contributed by atoms with van der Waals surface area (Å²) in [5.74, 6) is 0.699. The van der Waals surface area contributed by atoms with Crippen LogP contribution < -0.4 is 5.73 Å². The first-order valence-electron chi connectivity index (χ1n) is 10.5. The van der Waals surface area contributed by atoms with Crippen LogP contribution >= 0.6 is 0 Å². The van der Waals surface area contributed by atoms with Crippen LogP contribution in [0.4, 0.5) is 5.69 Å². The van der Waals surface area contributed by atoms with E-state index in [1.807, 2.05) is 31.2 Å². The van der Waals surface area contributed by atoms with E-state index in [1.165, 1.54) is 12.1 Å². The van der Waals surface area contributed by atoms with Crippen LogP contribution in [0.2, 0.25) is 0 Å². The van der Waals surface area contributed by atoms with Crippen molar-refractivity contribution >= 4 is 22.4 Å². The van der Waals surface area contributed by atoms with Gasteiger partial charge >= 0.3 is 0 Å². The van der Waals surface area contributed by atoms with E-state index < -0.39 is 4.92 Å². The van der Waals surface area contributed by atoms with E-state index in [2.05, 4.69) is 25.6 Å². The Morgan fingerprint density at radius 2 is 1.86 bits per heavy atom. The van der Waals surface area contributed by atoms with Crippen LogP contribution in [0.5, 0.6) is 5.75 Å². The number of phenolic OH excluding ortho intramolecular Hbond substituents is 1. The largest absolute Gasteiger partial charge is 0.507 e. The number of amidine groups is 1. The molecule has 5 rings (SSSR count). The van der Waals surface area contributed by atoms with Crippen LogP contribution in [0.15, 0.2) is 60.7 Å². The number of fused-ring (bicyclic) bond motifs is 1. The Morgan fingerprint density at radius 1 is 1.09 bits per heavy atom. The summed E-state index contributed by atoms with van der Waals surface area (Å²) in [6, 6.07) is 17.1. The number of nitrogens with two attached hydrogens (primary N) is 1. The minimum Gasteiger partial charge on any atom is -0.507 e. The Morgan fingerprint density at radius 3 is 2.49 bits per heavy atom. The van der Waals surface area contributed by atoms with Gasteiger partial charge in [0.1, 0.15) is 11.6 Å². The second-order valence-electron chi connectivity index (χ2n) is 7.87. The van der Waals surface area contributed by atoms with Crippen molar-refractivity contribution in [1.29, 1.82) is 5.41 Å². The number of nitro benzene ring substituents is 1. The number of aromatic hydroxyl groups is 1. The monoisotopic (exact) mass is 470 g/mol. The van der Waals surface area contributed by atoms with Crippen LogP contribution in [0.3, 0.4) is 0 Å². The summed E-state index contributed by atoms with van der Waals surface area (Å²) in [5, 5.41) is 43.3. The van der Waals surface area contributed by atoms with Crippen LogP contribution in [-0.4, -0.2) is 41.5 Å². The number of rotatable bonds is 4. The number of aromatic nitrogens is 5. The lowest BCUT2D eigenvalue weighted by Gasteiger charge is -2.11. The molecule has 0 atom stereocenters. The molecule has 3 aromatic carbocycles. The van der Waals surface area contributed by atoms with Crippen LogP contribution in [0, 0.1) is 29.4 Å². The molecule has 0 radical (unpaired) electrons. The molecule has 0 bridgehead atoms. The zero-order chi connectivity index (χ0) is 25.1. The Hall–Kier alpha value is -5.06. The van der Waals surface area contributed by atoms with Gasteiger partial charge < -0.3 is 15.8 Å². The van der Waals surface area contributed by atoms with E-state index in [0.29, 0.717) is 33.8 Å². The molecule has 0 saturated heterocycles. The van der Waals surface area contributed by atoms with E-state index in [0.717, 1.165) is 16.5 Å². The van der Waals surface area contributed by atoms with E-state index in [1.54, 1.807) is 31.2 Å². The maximum Gasteiger partial charge on any atom is 0.270 e. The van der Waals surface area contributed by atoms with Crippen molar-refractivity contribution in [2.75, 3.05) is 0 Å². The summed E-state index contributed by atoms with van der Waals surface area (Å²) in [5.41, 5.74) is 10.3. The number of benzene rings is 3. The second kappa shape index (κ2) is 9.43. The number of hydrogen-bond donors (Lipinski definition) is 5. The average Bonchev–Trinajstić information content (AvgIpc) is 3.49. The van der Waals surface area contributed by atoms with Gasteiger partial charge in [0, 0.05) is 39.7 Å². The van der Waals surface area contributed by atoms with Crippen LogP contribution in [0.1, 0.15) is 17.0 Å². The van der Waals surface area contributed by atoms with Crippen molar-refractivity contribution < 1.29 is 10.0 Å². The summed E-state index contributed by atoms with van der Waals surface area (Å²) < 4.78 is 0. The molecule has 0 aliphatic rings. The van der Waals surface area contributed by atoms with E-state index in [4.69, 9.17) is 11.1 Å². The summed E-state index contributed by atoms with van der Waals surface area (Å²) in [6.45, 7) is 3.67. The fourth-order valence-corrected chi connectivity index (χ4v) is 3.65. The molecule has 2 aromatic heterocycles. The quantitative estimate of drug-likeness (QED) is 0.113. The number of aromatic amines is 2. The minimum absolute atomic E-state index is 0.0130. The molecular formula is C24H22N8O3. The fraction of sp³-hybridized carbons (Fsp3) is 0.0833. The first kappa shape index (κ1) is 23.1. The van der Waals surface area contributed by atoms with E-state index >= 15 is 0 Å². The van der Waals surface area contributed by atoms with Gasteiger partial charge in [-0.2, -0.15) is 5.21 Å². The van der Waals surface area contributed by atoms with Crippen molar-refractivity contribution in [2.45, 2.75) is 13.8 Å². The smallest absolute Gasteiger partial charge is 0.270 e. The Balaban J connectivity index is 0.000000421. The third kappa shape index (κ3) is 4.98. The molecule has 11 heteroatoms. The summed E-state index contributed by atoms with van der Waals surface area (Å²) in [6.07, 6.45) is 0. The molecule has 5 aromatic rings.